The molecule has 0 aromatic heterocycles. The van der Waals surface area contributed by atoms with Gasteiger partial charge in [-0.2, -0.15) is 0 Å². The monoisotopic (exact) mass is 408 g/mol. The Kier molecular flexibility index (Phi) is 7.28. The molecule has 106 valence electrons. The van der Waals surface area contributed by atoms with Crippen molar-refractivity contribution in [1.29, 1.82) is 0 Å². The number of rotatable bonds is 6. The maximum atomic E-state index is 5.70. The van der Waals surface area contributed by atoms with E-state index >= 15 is 0 Å². The average molecular weight is 410 g/mol. The van der Waals surface area contributed by atoms with Crippen molar-refractivity contribution in [2.24, 2.45) is 5.73 Å². The Morgan fingerprint density at radius 2 is 1.89 bits per heavy atom. The van der Waals surface area contributed by atoms with E-state index in [4.69, 9.17) is 22.7 Å². The zero-order valence-electron chi connectivity index (χ0n) is 11.1. The third-order valence-electron chi connectivity index (χ3n) is 2.51. The van der Waals surface area contributed by atoms with Crippen molar-refractivity contribution in [3.05, 3.63) is 26.6 Å². The highest BCUT2D eigenvalue weighted by Gasteiger charge is 2.10. The molecule has 0 aliphatic carbocycles. The van der Waals surface area contributed by atoms with Crippen LogP contribution in [0, 0.1) is 0 Å². The molecule has 0 saturated heterocycles. The third kappa shape index (κ3) is 5.38. The van der Waals surface area contributed by atoms with Gasteiger partial charge in [-0.3, -0.25) is 0 Å². The molecular weight excluding hydrogens is 392 g/mol. The first-order valence-corrected chi connectivity index (χ1v) is 7.96. The summed E-state index contributed by atoms with van der Waals surface area (Å²) in [6, 6.07) is 4.08. The van der Waals surface area contributed by atoms with Crippen LogP contribution >= 0.6 is 44.1 Å². The van der Waals surface area contributed by atoms with Crippen molar-refractivity contribution in [1.82, 2.24) is 4.90 Å². The van der Waals surface area contributed by atoms with Crippen LogP contribution in [-0.4, -0.2) is 37.1 Å². The Balaban J connectivity index is 2.81. The van der Waals surface area contributed by atoms with Crippen molar-refractivity contribution < 1.29 is 4.74 Å². The quantitative estimate of drug-likeness (QED) is 0.577. The van der Waals surface area contributed by atoms with Gasteiger partial charge in [0, 0.05) is 20.5 Å². The summed E-state index contributed by atoms with van der Waals surface area (Å²) in [5.74, 6) is 0.813. The maximum Gasteiger partial charge on any atom is 0.147 e. The summed E-state index contributed by atoms with van der Waals surface area (Å²) < 4.78 is 7.55. The number of likely N-dealkylation sites (N-methyl/N-ethyl adjacent to an activating group) is 1. The Morgan fingerprint density at radius 3 is 2.37 bits per heavy atom. The summed E-state index contributed by atoms with van der Waals surface area (Å²) in [6.45, 7) is 1.24. The van der Waals surface area contributed by atoms with Gasteiger partial charge in [0.2, 0.25) is 0 Å². The fourth-order valence-corrected chi connectivity index (χ4v) is 3.12. The first-order chi connectivity index (χ1) is 8.95. The lowest BCUT2D eigenvalue weighted by Crippen LogP contribution is -2.21. The zero-order chi connectivity index (χ0) is 14.4. The number of halogens is 2. The van der Waals surface area contributed by atoms with Crippen LogP contribution in [0.15, 0.2) is 21.1 Å². The third-order valence-corrected chi connectivity index (χ3v) is 4.19. The second-order valence-corrected chi connectivity index (χ2v) is 6.52. The minimum Gasteiger partial charge on any atom is -0.491 e. The number of nitrogens with two attached hydrogens (primary N) is 1. The molecule has 2 N–H and O–H groups in total. The highest BCUT2D eigenvalue weighted by Crippen LogP contribution is 2.35. The van der Waals surface area contributed by atoms with Crippen LogP contribution in [0.3, 0.4) is 0 Å². The van der Waals surface area contributed by atoms with E-state index in [2.05, 4.69) is 31.9 Å². The summed E-state index contributed by atoms with van der Waals surface area (Å²) in [4.78, 5) is 2.85. The average Bonchev–Trinajstić information content (AvgIpc) is 2.32. The van der Waals surface area contributed by atoms with Crippen LogP contribution in [0.2, 0.25) is 0 Å². The van der Waals surface area contributed by atoms with Gasteiger partial charge in [0.1, 0.15) is 5.75 Å². The lowest BCUT2D eigenvalue weighted by Gasteiger charge is -2.15. The zero-order valence-corrected chi connectivity index (χ0v) is 15.1. The number of nitrogens with zero attached hydrogens (tertiary/aromatic N) is 1. The predicted molar refractivity (Wildman–Crippen MR) is 91.0 cm³/mol. The van der Waals surface area contributed by atoms with Gasteiger partial charge in [0.25, 0.3) is 0 Å². The number of hydrogen-bond donors (Lipinski definition) is 1. The molecule has 0 amide bonds. The van der Waals surface area contributed by atoms with Gasteiger partial charge in [-0.15, -0.1) is 0 Å². The first-order valence-electron chi connectivity index (χ1n) is 5.96. The SMILES string of the molecule is CN(C)C(=S)Cc1cc(Br)c(OCCCN)c(Br)c1. The summed E-state index contributed by atoms with van der Waals surface area (Å²) in [5, 5.41) is 0. The number of benzene rings is 1. The van der Waals surface area contributed by atoms with Crippen molar-refractivity contribution in [3.63, 3.8) is 0 Å². The highest BCUT2D eigenvalue weighted by molar-refractivity contribution is 9.11. The standard InChI is InChI=1S/C13H18Br2N2OS/c1-17(2)12(19)8-9-6-10(14)13(11(15)7-9)18-5-3-4-16/h6-7H,3-5,8,16H2,1-2H3. The summed E-state index contributed by atoms with van der Waals surface area (Å²) in [5.41, 5.74) is 6.60. The fraction of sp³-hybridized carbons (Fsp3) is 0.462. The molecule has 19 heavy (non-hydrogen) atoms. The molecule has 0 aliphatic rings. The van der Waals surface area contributed by atoms with Crippen LogP contribution < -0.4 is 10.5 Å². The summed E-state index contributed by atoms with van der Waals surface area (Å²) in [6.07, 6.45) is 1.58. The molecule has 0 spiro atoms. The molecule has 3 nitrogen and oxygen atoms in total. The topological polar surface area (TPSA) is 38.5 Å². The molecule has 0 bridgehead atoms. The molecule has 1 aromatic rings. The fourth-order valence-electron chi connectivity index (χ4n) is 1.44. The second kappa shape index (κ2) is 8.19. The van der Waals surface area contributed by atoms with E-state index in [0.717, 1.165) is 38.1 Å². The largest absolute Gasteiger partial charge is 0.491 e. The van der Waals surface area contributed by atoms with E-state index in [0.29, 0.717) is 13.2 Å². The second-order valence-electron chi connectivity index (χ2n) is 4.34. The molecule has 0 aliphatic heterocycles. The lowest BCUT2D eigenvalue weighted by molar-refractivity contribution is 0.309. The molecule has 1 rings (SSSR count). The van der Waals surface area contributed by atoms with Gasteiger partial charge in [0.05, 0.1) is 20.5 Å². The Bertz CT molecular complexity index is 429. The molecule has 1 aromatic carbocycles. The van der Waals surface area contributed by atoms with E-state index in [1.54, 1.807) is 0 Å². The van der Waals surface area contributed by atoms with Crippen LogP contribution in [0.5, 0.6) is 5.75 Å². The number of ether oxygens (including phenoxy) is 1. The van der Waals surface area contributed by atoms with Crippen LogP contribution in [0.1, 0.15) is 12.0 Å². The van der Waals surface area contributed by atoms with Gasteiger partial charge < -0.3 is 15.4 Å². The van der Waals surface area contributed by atoms with Gasteiger partial charge >= 0.3 is 0 Å². The van der Waals surface area contributed by atoms with E-state index < -0.39 is 0 Å². The first kappa shape index (κ1) is 16.9. The van der Waals surface area contributed by atoms with Crippen LogP contribution in [-0.2, 0) is 6.42 Å². The molecule has 0 fully saturated rings. The van der Waals surface area contributed by atoms with E-state index in [-0.39, 0.29) is 0 Å². The molecule has 0 saturated carbocycles. The predicted octanol–water partition coefficient (Wildman–Crippen LogP) is 3.37. The number of hydrogen-bond acceptors (Lipinski definition) is 3. The Hall–Kier alpha value is -0.170. The Labute approximate surface area is 136 Å². The smallest absolute Gasteiger partial charge is 0.147 e. The molecule has 0 radical (unpaired) electrons. The lowest BCUT2D eigenvalue weighted by atomic mass is 10.1. The van der Waals surface area contributed by atoms with Crippen molar-refractivity contribution in [3.8, 4) is 5.75 Å². The normalized spacial score (nSPS) is 10.4. The van der Waals surface area contributed by atoms with Crippen molar-refractivity contribution >= 4 is 49.1 Å². The van der Waals surface area contributed by atoms with Gasteiger partial charge in [-0.25, -0.2) is 0 Å². The minimum atomic E-state index is 0.614. The molecule has 0 heterocycles. The molecular formula is C13H18Br2N2OS. The van der Waals surface area contributed by atoms with Crippen LogP contribution in [0.4, 0.5) is 0 Å². The Morgan fingerprint density at radius 1 is 1.32 bits per heavy atom. The van der Waals surface area contributed by atoms with Crippen molar-refractivity contribution in [2.75, 3.05) is 27.2 Å². The van der Waals surface area contributed by atoms with Crippen molar-refractivity contribution in [2.45, 2.75) is 12.8 Å². The molecule has 6 heteroatoms. The summed E-state index contributed by atoms with van der Waals surface area (Å²) in [7, 11) is 3.91. The van der Waals surface area contributed by atoms with E-state index in [9.17, 15) is 0 Å². The highest BCUT2D eigenvalue weighted by atomic mass is 79.9. The maximum absolute atomic E-state index is 5.70. The van der Waals surface area contributed by atoms with E-state index in [1.165, 1.54) is 0 Å². The number of thiocarbonyl (C=S) groups is 1. The molecule has 0 atom stereocenters. The van der Waals surface area contributed by atoms with E-state index in [1.807, 2.05) is 31.1 Å². The van der Waals surface area contributed by atoms with Gasteiger partial charge in [-0.1, -0.05) is 12.2 Å². The minimum absolute atomic E-state index is 0.614. The molecule has 0 unspecified atom stereocenters. The van der Waals surface area contributed by atoms with Gasteiger partial charge in [-0.05, 0) is 62.5 Å². The summed E-state index contributed by atoms with van der Waals surface area (Å²) >= 11 is 12.4. The van der Waals surface area contributed by atoms with Gasteiger partial charge in [0.15, 0.2) is 0 Å². The van der Waals surface area contributed by atoms with Crippen LogP contribution in [0.25, 0.3) is 0 Å².